The Kier molecular flexibility index (Phi) is 4.06. The Balaban J connectivity index is 2.07. The number of piperidine rings is 1. The van der Waals surface area contributed by atoms with Crippen molar-refractivity contribution in [3.8, 4) is 0 Å². The third-order valence-corrected chi connectivity index (χ3v) is 3.79. The molecule has 1 saturated heterocycles. The third-order valence-electron chi connectivity index (χ3n) is 3.79. The van der Waals surface area contributed by atoms with Crippen molar-refractivity contribution in [2.45, 2.75) is 45.7 Å². The van der Waals surface area contributed by atoms with Crippen molar-refractivity contribution >= 4 is 5.69 Å². The molecule has 1 aliphatic heterocycles. The van der Waals surface area contributed by atoms with Crippen LogP contribution in [-0.4, -0.2) is 25.2 Å². The highest BCUT2D eigenvalue weighted by molar-refractivity contribution is 5.54. The molecule has 2 unspecified atom stereocenters. The molecule has 0 amide bonds. The molecule has 1 fully saturated rings. The normalized spacial score (nSPS) is 25.0. The Hall–Kier alpha value is -1.02. The maximum Gasteiger partial charge on any atom is 0.0398 e. The van der Waals surface area contributed by atoms with Crippen LogP contribution >= 0.6 is 0 Å². The topological polar surface area (TPSA) is 15.3 Å². The summed E-state index contributed by atoms with van der Waals surface area (Å²) < 4.78 is 0. The molecule has 2 rings (SSSR count). The predicted octanol–water partition coefficient (Wildman–Crippen LogP) is 2.96. The number of hydrogen-bond acceptors (Lipinski definition) is 2. The first kappa shape index (κ1) is 12.4. The monoisotopic (exact) mass is 232 g/mol. The molecule has 0 aromatic heterocycles. The predicted molar refractivity (Wildman–Crippen MR) is 74.7 cm³/mol. The SMILES string of the molecule is CCNC1CCN(c2ccccc2C)C(C)C1. The molecule has 1 aliphatic rings. The lowest BCUT2D eigenvalue weighted by Crippen LogP contribution is -2.47. The summed E-state index contributed by atoms with van der Waals surface area (Å²) in [7, 11) is 0. The highest BCUT2D eigenvalue weighted by Gasteiger charge is 2.25. The molecule has 1 aromatic rings. The van der Waals surface area contributed by atoms with Gasteiger partial charge in [0.25, 0.3) is 0 Å². The molecule has 0 spiro atoms. The van der Waals surface area contributed by atoms with Gasteiger partial charge in [-0.15, -0.1) is 0 Å². The maximum atomic E-state index is 3.57. The molecule has 0 saturated carbocycles. The van der Waals surface area contributed by atoms with Crippen LogP contribution in [0.4, 0.5) is 5.69 Å². The fraction of sp³-hybridized carbons (Fsp3) is 0.600. The van der Waals surface area contributed by atoms with Crippen LogP contribution < -0.4 is 10.2 Å². The fourth-order valence-electron chi connectivity index (χ4n) is 2.89. The molecule has 1 N–H and O–H groups in total. The van der Waals surface area contributed by atoms with Crippen LogP contribution in [0.2, 0.25) is 0 Å². The number of hydrogen-bond donors (Lipinski definition) is 1. The van der Waals surface area contributed by atoms with Crippen LogP contribution in [0.15, 0.2) is 24.3 Å². The average Bonchev–Trinajstić information content (AvgIpc) is 2.31. The van der Waals surface area contributed by atoms with Crippen molar-refractivity contribution in [2.75, 3.05) is 18.0 Å². The van der Waals surface area contributed by atoms with Crippen molar-refractivity contribution < 1.29 is 0 Å². The largest absolute Gasteiger partial charge is 0.368 e. The zero-order valence-corrected chi connectivity index (χ0v) is 11.2. The third kappa shape index (κ3) is 2.81. The Morgan fingerprint density at radius 3 is 2.76 bits per heavy atom. The molecule has 2 nitrogen and oxygen atoms in total. The summed E-state index contributed by atoms with van der Waals surface area (Å²) in [6, 6.07) is 10.1. The minimum atomic E-state index is 0.633. The minimum Gasteiger partial charge on any atom is -0.368 e. The van der Waals surface area contributed by atoms with Crippen molar-refractivity contribution in [3.05, 3.63) is 29.8 Å². The molecule has 17 heavy (non-hydrogen) atoms. The van der Waals surface area contributed by atoms with Gasteiger partial charge in [0.1, 0.15) is 0 Å². The Morgan fingerprint density at radius 1 is 1.35 bits per heavy atom. The van der Waals surface area contributed by atoms with E-state index in [1.807, 2.05) is 0 Å². The molecule has 0 aliphatic carbocycles. The first-order valence-corrected chi connectivity index (χ1v) is 6.78. The van der Waals surface area contributed by atoms with Crippen LogP contribution in [0.5, 0.6) is 0 Å². The van der Waals surface area contributed by atoms with Crippen molar-refractivity contribution in [3.63, 3.8) is 0 Å². The summed E-state index contributed by atoms with van der Waals surface area (Å²) in [5.74, 6) is 0. The summed E-state index contributed by atoms with van der Waals surface area (Å²) in [5, 5.41) is 3.57. The quantitative estimate of drug-likeness (QED) is 0.862. The highest BCUT2D eigenvalue weighted by atomic mass is 15.2. The summed E-state index contributed by atoms with van der Waals surface area (Å²) in [5.41, 5.74) is 2.80. The number of para-hydroxylation sites is 1. The van der Waals surface area contributed by atoms with Gasteiger partial charge in [-0.2, -0.15) is 0 Å². The number of anilines is 1. The maximum absolute atomic E-state index is 3.57. The molecule has 1 aromatic carbocycles. The molecule has 1 heterocycles. The van der Waals surface area contributed by atoms with Crippen molar-refractivity contribution in [2.24, 2.45) is 0 Å². The summed E-state index contributed by atoms with van der Waals surface area (Å²) in [6.45, 7) is 9.00. The van der Waals surface area contributed by atoms with E-state index in [0.717, 1.165) is 6.54 Å². The van der Waals surface area contributed by atoms with Gasteiger partial charge in [0.05, 0.1) is 0 Å². The molecule has 0 radical (unpaired) electrons. The van der Waals surface area contributed by atoms with Crippen LogP contribution in [0.3, 0.4) is 0 Å². The van der Waals surface area contributed by atoms with Crippen LogP contribution in [0.1, 0.15) is 32.3 Å². The van der Waals surface area contributed by atoms with Crippen molar-refractivity contribution in [1.29, 1.82) is 0 Å². The van der Waals surface area contributed by atoms with E-state index in [0.29, 0.717) is 12.1 Å². The van der Waals surface area contributed by atoms with Gasteiger partial charge in [-0.1, -0.05) is 25.1 Å². The standard InChI is InChI=1S/C15H24N2/c1-4-16-14-9-10-17(13(3)11-14)15-8-6-5-7-12(15)2/h5-8,13-14,16H,4,9-11H2,1-3H3. The lowest BCUT2D eigenvalue weighted by Gasteiger charge is -2.40. The lowest BCUT2D eigenvalue weighted by molar-refractivity contribution is 0.374. The molecule has 0 bridgehead atoms. The number of benzene rings is 1. The van der Waals surface area contributed by atoms with Gasteiger partial charge >= 0.3 is 0 Å². The van der Waals surface area contributed by atoms with E-state index in [2.05, 4.69) is 55.3 Å². The zero-order valence-electron chi connectivity index (χ0n) is 11.2. The second-order valence-electron chi connectivity index (χ2n) is 5.11. The highest BCUT2D eigenvalue weighted by Crippen LogP contribution is 2.27. The van der Waals surface area contributed by atoms with E-state index in [1.54, 1.807) is 0 Å². The van der Waals surface area contributed by atoms with Gasteiger partial charge in [-0.05, 0) is 44.9 Å². The average molecular weight is 232 g/mol. The van der Waals surface area contributed by atoms with Crippen LogP contribution in [0.25, 0.3) is 0 Å². The molecule has 94 valence electrons. The summed E-state index contributed by atoms with van der Waals surface area (Å²) in [6.07, 6.45) is 2.51. The van der Waals surface area contributed by atoms with E-state index in [9.17, 15) is 0 Å². The van der Waals surface area contributed by atoms with Gasteiger partial charge in [-0.3, -0.25) is 0 Å². The van der Waals surface area contributed by atoms with Gasteiger partial charge in [0.2, 0.25) is 0 Å². The Labute approximate surface area is 105 Å². The first-order valence-electron chi connectivity index (χ1n) is 6.78. The zero-order chi connectivity index (χ0) is 12.3. The fourth-order valence-corrected chi connectivity index (χ4v) is 2.89. The number of rotatable bonds is 3. The smallest absolute Gasteiger partial charge is 0.0398 e. The van der Waals surface area contributed by atoms with E-state index < -0.39 is 0 Å². The summed E-state index contributed by atoms with van der Waals surface area (Å²) in [4.78, 5) is 2.56. The number of nitrogens with zero attached hydrogens (tertiary/aromatic N) is 1. The van der Waals surface area contributed by atoms with E-state index >= 15 is 0 Å². The molecule has 2 heteroatoms. The lowest BCUT2D eigenvalue weighted by atomic mass is 9.96. The minimum absolute atomic E-state index is 0.633. The van der Waals surface area contributed by atoms with Gasteiger partial charge in [0, 0.05) is 24.3 Å². The summed E-state index contributed by atoms with van der Waals surface area (Å²) >= 11 is 0. The molecular weight excluding hydrogens is 208 g/mol. The van der Waals surface area contributed by atoms with E-state index in [1.165, 1.54) is 30.6 Å². The van der Waals surface area contributed by atoms with E-state index in [-0.39, 0.29) is 0 Å². The molecule has 2 atom stereocenters. The van der Waals surface area contributed by atoms with Crippen LogP contribution in [-0.2, 0) is 0 Å². The Morgan fingerprint density at radius 2 is 2.12 bits per heavy atom. The number of nitrogens with one attached hydrogen (secondary N) is 1. The van der Waals surface area contributed by atoms with E-state index in [4.69, 9.17) is 0 Å². The Bertz CT molecular complexity index is 362. The number of aryl methyl sites for hydroxylation is 1. The second kappa shape index (κ2) is 5.54. The van der Waals surface area contributed by atoms with Gasteiger partial charge in [0.15, 0.2) is 0 Å². The second-order valence-corrected chi connectivity index (χ2v) is 5.11. The first-order chi connectivity index (χ1) is 8.22. The van der Waals surface area contributed by atoms with Gasteiger partial charge < -0.3 is 10.2 Å². The van der Waals surface area contributed by atoms with Gasteiger partial charge in [-0.25, -0.2) is 0 Å². The van der Waals surface area contributed by atoms with Crippen molar-refractivity contribution in [1.82, 2.24) is 5.32 Å². The van der Waals surface area contributed by atoms with Crippen LogP contribution in [0, 0.1) is 6.92 Å². The molecular formula is C15H24N2.